The van der Waals surface area contributed by atoms with Gasteiger partial charge in [0.15, 0.2) is 0 Å². The highest BCUT2D eigenvalue weighted by Gasteiger charge is 2.25. The summed E-state index contributed by atoms with van der Waals surface area (Å²) in [7, 11) is 0. The second-order valence-corrected chi connectivity index (χ2v) is 6.54. The number of carbonyl (C=O) groups is 1. The molecule has 0 saturated heterocycles. The lowest BCUT2D eigenvalue weighted by atomic mass is 10.1. The van der Waals surface area contributed by atoms with Gasteiger partial charge in [-0.05, 0) is 37.1 Å². The summed E-state index contributed by atoms with van der Waals surface area (Å²) < 4.78 is 28.7. The van der Waals surface area contributed by atoms with E-state index in [2.05, 4.69) is 25.3 Å². The normalized spacial score (nSPS) is 13.5. The number of nitrogens with zero attached hydrogens (tertiary/aromatic N) is 2. The van der Waals surface area contributed by atoms with Crippen LogP contribution >= 0.6 is 0 Å². The van der Waals surface area contributed by atoms with Crippen molar-refractivity contribution in [2.45, 2.75) is 32.0 Å². The number of hydrogen-bond acceptors (Lipinski definition) is 5. The number of benzene rings is 1. The molecular formula is C20H18F2N4O2. The molecule has 4 rings (SSSR count). The van der Waals surface area contributed by atoms with Gasteiger partial charge in [-0.3, -0.25) is 9.78 Å². The highest BCUT2D eigenvalue weighted by molar-refractivity contribution is 6.07. The van der Waals surface area contributed by atoms with Crippen LogP contribution in [0.4, 0.5) is 14.6 Å². The molecule has 1 aliphatic carbocycles. The number of para-hydroxylation sites is 1. The molecule has 1 aliphatic rings. The number of alkyl halides is 2. The van der Waals surface area contributed by atoms with Gasteiger partial charge >= 0.3 is 6.61 Å². The Morgan fingerprint density at radius 3 is 2.75 bits per heavy atom. The Hall–Kier alpha value is -3.29. The summed E-state index contributed by atoms with van der Waals surface area (Å²) in [6.07, 6.45) is 3.26. The molecule has 0 aliphatic heterocycles. The third-order valence-corrected chi connectivity index (χ3v) is 4.35. The van der Waals surface area contributed by atoms with E-state index in [0.717, 1.165) is 18.2 Å². The zero-order chi connectivity index (χ0) is 19.5. The molecule has 28 heavy (non-hydrogen) atoms. The number of fused-ring (bicyclic) bond motifs is 1. The van der Waals surface area contributed by atoms with Crippen molar-refractivity contribution in [3.63, 3.8) is 0 Å². The van der Waals surface area contributed by atoms with Crippen molar-refractivity contribution in [3.05, 3.63) is 59.9 Å². The summed E-state index contributed by atoms with van der Waals surface area (Å²) in [5.41, 5.74) is 1.90. The molecule has 144 valence electrons. The second kappa shape index (κ2) is 7.75. The van der Waals surface area contributed by atoms with Gasteiger partial charge in [0.05, 0.1) is 29.5 Å². The number of hydrogen-bond donors (Lipinski definition) is 2. The number of pyridine rings is 2. The van der Waals surface area contributed by atoms with E-state index in [1.54, 1.807) is 12.1 Å². The molecule has 3 aromatic rings. The van der Waals surface area contributed by atoms with Crippen molar-refractivity contribution in [1.82, 2.24) is 15.3 Å². The standard InChI is InChI=1S/C20H18F2N4O2/c21-20(22)28-14-8-7-13(23-11-14)10-24-18-9-16(19(27)25-12-5-6-12)15-3-1-2-4-17(15)26-18/h1-4,7-9,11-12,20H,5-6,10H2,(H,24,26)(H,25,27). The SMILES string of the molecule is O=C(NC1CC1)c1cc(NCc2ccc(OC(F)F)cn2)nc2ccccc12. The van der Waals surface area contributed by atoms with E-state index in [0.29, 0.717) is 29.1 Å². The minimum Gasteiger partial charge on any atom is -0.433 e. The topological polar surface area (TPSA) is 76.1 Å². The van der Waals surface area contributed by atoms with Crippen molar-refractivity contribution in [2.24, 2.45) is 0 Å². The van der Waals surface area contributed by atoms with E-state index >= 15 is 0 Å². The molecule has 1 amide bonds. The minimum absolute atomic E-state index is 0.00149. The van der Waals surface area contributed by atoms with Crippen LogP contribution in [0, 0.1) is 0 Å². The minimum atomic E-state index is -2.88. The predicted molar refractivity (Wildman–Crippen MR) is 100 cm³/mol. The first-order chi connectivity index (χ1) is 13.6. The van der Waals surface area contributed by atoms with Crippen molar-refractivity contribution in [2.75, 3.05) is 5.32 Å². The summed E-state index contributed by atoms with van der Waals surface area (Å²) in [6, 6.07) is 12.5. The van der Waals surface area contributed by atoms with Crippen LogP contribution in [0.1, 0.15) is 28.9 Å². The van der Waals surface area contributed by atoms with Gasteiger partial charge < -0.3 is 15.4 Å². The number of rotatable bonds is 7. The third kappa shape index (κ3) is 4.33. The zero-order valence-corrected chi connectivity index (χ0v) is 14.9. The number of aromatic nitrogens is 2. The Morgan fingerprint density at radius 1 is 1.21 bits per heavy atom. The fourth-order valence-corrected chi connectivity index (χ4v) is 2.81. The monoisotopic (exact) mass is 384 g/mol. The number of carbonyl (C=O) groups excluding carboxylic acids is 1. The summed E-state index contributed by atoms with van der Waals surface area (Å²) >= 11 is 0. The van der Waals surface area contributed by atoms with Crippen molar-refractivity contribution in [1.29, 1.82) is 0 Å². The fraction of sp³-hybridized carbons (Fsp3) is 0.250. The number of anilines is 1. The molecule has 6 nitrogen and oxygen atoms in total. The quantitative estimate of drug-likeness (QED) is 0.649. The average Bonchev–Trinajstić information content (AvgIpc) is 3.50. The highest BCUT2D eigenvalue weighted by Crippen LogP contribution is 2.24. The largest absolute Gasteiger partial charge is 0.433 e. The zero-order valence-electron chi connectivity index (χ0n) is 14.9. The Labute approximate surface area is 159 Å². The smallest absolute Gasteiger partial charge is 0.387 e. The molecule has 0 unspecified atom stereocenters. The molecule has 0 radical (unpaired) electrons. The van der Waals surface area contributed by atoms with E-state index in [-0.39, 0.29) is 17.7 Å². The van der Waals surface area contributed by atoms with Crippen LogP contribution in [0.3, 0.4) is 0 Å². The van der Waals surface area contributed by atoms with Crippen LogP contribution in [0.25, 0.3) is 10.9 Å². The van der Waals surface area contributed by atoms with Gasteiger partial charge in [0.1, 0.15) is 11.6 Å². The fourth-order valence-electron chi connectivity index (χ4n) is 2.81. The summed E-state index contributed by atoms with van der Waals surface area (Å²) in [5.74, 6) is 0.423. The maximum Gasteiger partial charge on any atom is 0.387 e. The van der Waals surface area contributed by atoms with Crippen molar-refractivity contribution >= 4 is 22.6 Å². The molecule has 8 heteroatoms. The van der Waals surface area contributed by atoms with Crippen LogP contribution in [-0.4, -0.2) is 28.5 Å². The molecule has 0 spiro atoms. The Balaban J connectivity index is 1.52. The Morgan fingerprint density at radius 2 is 2.04 bits per heavy atom. The van der Waals surface area contributed by atoms with Gasteiger partial charge in [0, 0.05) is 11.4 Å². The van der Waals surface area contributed by atoms with Gasteiger partial charge in [0.2, 0.25) is 0 Å². The van der Waals surface area contributed by atoms with E-state index in [1.165, 1.54) is 12.3 Å². The van der Waals surface area contributed by atoms with Crippen LogP contribution in [0.2, 0.25) is 0 Å². The van der Waals surface area contributed by atoms with Crippen molar-refractivity contribution in [3.8, 4) is 5.75 Å². The molecule has 1 aromatic carbocycles. The van der Waals surface area contributed by atoms with Crippen LogP contribution in [0.5, 0.6) is 5.75 Å². The first kappa shape index (κ1) is 18.1. The molecule has 2 aromatic heterocycles. The van der Waals surface area contributed by atoms with Crippen LogP contribution in [-0.2, 0) is 6.54 Å². The summed E-state index contributed by atoms with van der Waals surface area (Å²) in [4.78, 5) is 21.2. The van der Waals surface area contributed by atoms with E-state index < -0.39 is 6.61 Å². The molecule has 1 fully saturated rings. The van der Waals surface area contributed by atoms with E-state index in [1.807, 2.05) is 24.3 Å². The molecular weight excluding hydrogens is 366 g/mol. The van der Waals surface area contributed by atoms with Gasteiger partial charge in [-0.25, -0.2) is 4.98 Å². The Kier molecular flexibility index (Phi) is 5.01. The molecule has 0 bridgehead atoms. The lowest BCUT2D eigenvalue weighted by Gasteiger charge is -2.11. The lowest BCUT2D eigenvalue weighted by molar-refractivity contribution is -0.0500. The summed E-state index contributed by atoms with van der Waals surface area (Å²) in [5, 5.41) is 6.93. The maximum absolute atomic E-state index is 12.6. The molecule has 1 saturated carbocycles. The molecule has 0 atom stereocenters. The molecule has 2 heterocycles. The predicted octanol–water partition coefficient (Wildman–Crippen LogP) is 3.74. The van der Waals surface area contributed by atoms with Gasteiger partial charge in [-0.2, -0.15) is 8.78 Å². The Bertz CT molecular complexity index is 991. The van der Waals surface area contributed by atoms with Gasteiger partial charge in [-0.1, -0.05) is 18.2 Å². The van der Waals surface area contributed by atoms with Crippen LogP contribution < -0.4 is 15.4 Å². The number of amides is 1. The number of ether oxygens (including phenoxy) is 1. The van der Waals surface area contributed by atoms with Gasteiger partial charge in [-0.15, -0.1) is 0 Å². The van der Waals surface area contributed by atoms with Gasteiger partial charge in [0.25, 0.3) is 5.91 Å². The highest BCUT2D eigenvalue weighted by atomic mass is 19.3. The maximum atomic E-state index is 12.6. The second-order valence-electron chi connectivity index (χ2n) is 6.54. The lowest BCUT2D eigenvalue weighted by Crippen LogP contribution is -2.25. The first-order valence-electron chi connectivity index (χ1n) is 8.93. The van der Waals surface area contributed by atoms with Crippen molar-refractivity contribution < 1.29 is 18.3 Å². The third-order valence-electron chi connectivity index (χ3n) is 4.35. The van der Waals surface area contributed by atoms with E-state index in [4.69, 9.17) is 0 Å². The van der Waals surface area contributed by atoms with E-state index in [9.17, 15) is 13.6 Å². The molecule has 2 N–H and O–H groups in total. The average molecular weight is 384 g/mol. The first-order valence-corrected chi connectivity index (χ1v) is 8.93. The summed E-state index contributed by atoms with van der Waals surface area (Å²) in [6.45, 7) is -2.56. The number of nitrogens with one attached hydrogen (secondary N) is 2. The van der Waals surface area contributed by atoms with Crippen LogP contribution in [0.15, 0.2) is 48.7 Å². The number of halogens is 2.